The van der Waals surface area contributed by atoms with Gasteiger partial charge in [0.1, 0.15) is 5.75 Å². The molecule has 3 N–H and O–H groups in total. The highest BCUT2D eigenvalue weighted by atomic mass is 35.5. The summed E-state index contributed by atoms with van der Waals surface area (Å²) in [5.41, 5.74) is 7.17. The minimum atomic E-state index is 0.590. The third-order valence-electron chi connectivity index (χ3n) is 1.81. The van der Waals surface area contributed by atoms with Crippen molar-refractivity contribution in [2.75, 3.05) is 24.7 Å². The van der Waals surface area contributed by atoms with Crippen LogP contribution in [-0.4, -0.2) is 13.7 Å². The van der Waals surface area contributed by atoms with Crippen molar-refractivity contribution in [3.05, 3.63) is 17.2 Å². The number of rotatable bonds is 4. The van der Waals surface area contributed by atoms with Gasteiger partial charge in [0.25, 0.3) is 0 Å². The Balaban J connectivity index is 2.99. The molecule has 1 aromatic rings. The first kappa shape index (κ1) is 11.0. The molecule has 14 heavy (non-hydrogen) atoms. The van der Waals surface area contributed by atoms with Crippen molar-refractivity contribution in [3.8, 4) is 5.75 Å². The van der Waals surface area contributed by atoms with Gasteiger partial charge < -0.3 is 15.8 Å². The Hall–Kier alpha value is -1.09. The molecule has 0 aliphatic carbocycles. The van der Waals surface area contributed by atoms with Crippen molar-refractivity contribution in [3.63, 3.8) is 0 Å². The molecule has 0 saturated carbocycles. The van der Waals surface area contributed by atoms with Crippen LogP contribution >= 0.6 is 11.6 Å². The van der Waals surface area contributed by atoms with Crippen LogP contribution in [0.15, 0.2) is 12.1 Å². The van der Waals surface area contributed by atoms with Crippen molar-refractivity contribution in [1.82, 2.24) is 0 Å². The van der Waals surface area contributed by atoms with E-state index in [4.69, 9.17) is 22.1 Å². The maximum atomic E-state index is 5.87. The maximum Gasteiger partial charge on any atom is 0.145 e. The van der Waals surface area contributed by atoms with Crippen molar-refractivity contribution in [1.29, 1.82) is 0 Å². The van der Waals surface area contributed by atoms with E-state index in [0.717, 1.165) is 12.1 Å². The molecule has 0 atom stereocenters. The highest BCUT2D eigenvalue weighted by Crippen LogP contribution is 2.34. The van der Waals surface area contributed by atoms with Crippen LogP contribution in [0, 0.1) is 0 Å². The molecule has 0 fully saturated rings. The van der Waals surface area contributed by atoms with Gasteiger partial charge in [-0.3, -0.25) is 0 Å². The number of nitrogen functional groups attached to an aromatic ring is 1. The first-order valence-corrected chi connectivity index (χ1v) is 4.96. The third-order valence-corrected chi connectivity index (χ3v) is 2.03. The number of benzene rings is 1. The molecule has 0 radical (unpaired) electrons. The van der Waals surface area contributed by atoms with Crippen molar-refractivity contribution in [2.24, 2.45) is 0 Å². The van der Waals surface area contributed by atoms with Crippen LogP contribution in [0.1, 0.15) is 13.3 Å². The van der Waals surface area contributed by atoms with Crippen LogP contribution in [0.4, 0.5) is 11.4 Å². The van der Waals surface area contributed by atoms with Gasteiger partial charge in [-0.2, -0.15) is 0 Å². The van der Waals surface area contributed by atoms with Gasteiger partial charge in [-0.15, -0.1) is 0 Å². The van der Waals surface area contributed by atoms with Gasteiger partial charge in [-0.05, 0) is 12.5 Å². The predicted molar refractivity (Wildman–Crippen MR) is 61.2 cm³/mol. The van der Waals surface area contributed by atoms with E-state index in [1.165, 1.54) is 0 Å². The minimum absolute atomic E-state index is 0.590. The summed E-state index contributed by atoms with van der Waals surface area (Å²) < 4.78 is 5.51. The van der Waals surface area contributed by atoms with Gasteiger partial charge in [0.15, 0.2) is 0 Å². The highest BCUT2D eigenvalue weighted by Gasteiger charge is 2.07. The molecule has 0 aliphatic heterocycles. The third kappa shape index (κ3) is 2.45. The lowest BCUT2D eigenvalue weighted by molar-refractivity contribution is 0.319. The topological polar surface area (TPSA) is 47.3 Å². The molecular formula is C10H15ClN2O. The highest BCUT2D eigenvalue weighted by molar-refractivity contribution is 6.31. The van der Waals surface area contributed by atoms with Gasteiger partial charge >= 0.3 is 0 Å². The van der Waals surface area contributed by atoms with E-state index in [2.05, 4.69) is 5.32 Å². The maximum absolute atomic E-state index is 5.87. The first-order valence-electron chi connectivity index (χ1n) is 4.58. The molecule has 0 unspecified atom stereocenters. The number of ether oxygens (including phenoxy) is 1. The molecule has 4 heteroatoms. The summed E-state index contributed by atoms with van der Waals surface area (Å²) in [7, 11) is 1.80. The van der Waals surface area contributed by atoms with Crippen molar-refractivity contribution in [2.45, 2.75) is 13.3 Å². The molecular weight excluding hydrogens is 200 g/mol. The van der Waals surface area contributed by atoms with Gasteiger partial charge in [0.05, 0.1) is 18.0 Å². The fourth-order valence-electron chi connectivity index (χ4n) is 1.20. The van der Waals surface area contributed by atoms with E-state index in [1.807, 2.05) is 6.92 Å². The summed E-state index contributed by atoms with van der Waals surface area (Å²) in [5.74, 6) is 0.708. The second-order valence-corrected chi connectivity index (χ2v) is 3.40. The lowest BCUT2D eigenvalue weighted by Gasteiger charge is -2.13. The Morgan fingerprint density at radius 3 is 2.79 bits per heavy atom. The van der Waals surface area contributed by atoms with Crippen molar-refractivity contribution < 1.29 is 4.74 Å². The Morgan fingerprint density at radius 2 is 2.21 bits per heavy atom. The van der Waals surface area contributed by atoms with Gasteiger partial charge in [-0.25, -0.2) is 0 Å². The average molecular weight is 215 g/mol. The van der Waals surface area contributed by atoms with E-state index in [-0.39, 0.29) is 0 Å². The van der Waals surface area contributed by atoms with E-state index in [9.17, 15) is 0 Å². The van der Waals surface area contributed by atoms with Crippen LogP contribution in [0.25, 0.3) is 0 Å². The average Bonchev–Trinajstić information content (AvgIpc) is 2.14. The van der Waals surface area contributed by atoms with Crippen LogP contribution < -0.4 is 15.8 Å². The molecule has 0 aliphatic rings. The minimum Gasteiger partial charge on any atom is -0.491 e. The predicted octanol–water partition coefficient (Wildman–Crippen LogP) is 2.75. The Labute approximate surface area is 89.2 Å². The SMILES string of the molecule is CCCOc1cc(Cl)cc(N)c1NC. The summed E-state index contributed by atoms with van der Waals surface area (Å²) in [6.45, 7) is 2.71. The molecule has 0 aromatic heterocycles. The van der Waals surface area contributed by atoms with Crippen molar-refractivity contribution >= 4 is 23.0 Å². The summed E-state index contributed by atoms with van der Waals surface area (Å²) in [6, 6.07) is 3.46. The largest absolute Gasteiger partial charge is 0.491 e. The van der Waals surface area contributed by atoms with E-state index >= 15 is 0 Å². The summed E-state index contributed by atoms with van der Waals surface area (Å²) >= 11 is 5.87. The van der Waals surface area contributed by atoms with Crippen LogP contribution in [0.5, 0.6) is 5.75 Å². The summed E-state index contributed by atoms with van der Waals surface area (Å²) in [5, 5.41) is 3.58. The molecule has 0 saturated heterocycles. The fraction of sp³-hybridized carbons (Fsp3) is 0.400. The number of hydrogen-bond acceptors (Lipinski definition) is 3. The fourth-order valence-corrected chi connectivity index (χ4v) is 1.41. The second-order valence-electron chi connectivity index (χ2n) is 2.97. The number of nitrogens with one attached hydrogen (secondary N) is 1. The first-order chi connectivity index (χ1) is 6.69. The number of anilines is 2. The molecule has 0 bridgehead atoms. The van der Waals surface area contributed by atoms with Crippen LogP contribution in [-0.2, 0) is 0 Å². The molecule has 3 nitrogen and oxygen atoms in total. The number of halogens is 1. The summed E-state index contributed by atoms with van der Waals surface area (Å²) in [6.07, 6.45) is 0.954. The molecule has 0 amide bonds. The van der Waals surface area contributed by atoms with Gasteiger partial charge in [0.2, 0.25) is 0 Å². The molecule has 0 spiro atoms. The molecule has 1 rings (SSSR count). The zero-order chi connectivity index (χ0) is 10.6. The Bertz CT molecular complexity index is 315. The van der Waals surface area contributed by atoms with Crippen LogP contribution in [0.3, 0.4) is 0 Å². The normalized spacial score (nSPS) is 9.93. The zero-order valence-corrected chi connectivity index (χ0v) is 9.19. The number of nitrogens with two attached hydrogens (primary N) is 1. The van der Waals surface area contributed by atoms with Gasteiger partial charge in [-0.1, -0.05) is 18.5 Å². The lowest BCUT2D eigenvalue weighted by Crippen LogP contribution is -2.02. The van der Waals surface area contributed by atoms with E-state index in [0.29, 0.717) is 23.1 Å². The van der Waals surface area contributed by atoms with E-state index < -0.39 is 0 Å². The molecule has 78 valence electrons. The lowest BCUT2D eigenvalue weighted by atomic mass is 10.2. The number of hydrogen-bond donors (Lipinski definition) is 2. The molecule has 0 heterocycles. The second kappa shape index (κ2) is 4.96. The monoisotopic (exact) mass is 214 g/mol. The Morgan fingerprint density at radius 1 is 1.50 bits per heavy atom. The smallest absolute Gasteiger partial charge is 0.145 e. The quantitative estimate of drug-likeness (QED) is 0.758. The van der Waals surface area contributed by atoms with E-state index in [1.54, 1.807) is 19.2 Å². The Kier molecular flexibility index (Phi) is 3.89. The zero-order valence-electron chi connectivity index (χ0n) is 8.43. The summed E-state index contributed by atoms with van der Waals surface area (Å²) in [4.78, 5) is 0. The van der Waals surface area contributed by atoms with Gasteiger partial charge in [0, 0.05) is 18.1 Å². The standard InChI is InChI=1S/C10H15ClN2O/c1-3-4-14-9-6-7(11)5-8(12)10(9)13-2/h5-6,13H,3-4,12H2,1-2H3. The molecule has 1 aromatic carbocycles. The van der Waals surface area contributed by atoms with Crippen LogP contribution in [0.2, 0.25) is 5.02 Å².